The number of hydrogen-bond acceptors (Lipinski definition) is 4. The van der Waals surface area contributed by atoms with Crippen molar-refractivity contribution in [2.45, 2.75) is 51.8 Å². The molecule has 0 saturated carbocycles. The van der Waals surface area contributed by atoms with Crippen LogP contribution in [0.15, 0.2) is 24.3 Å². The molecule has 2 atom stereocenters. The molecule has 144 valence electrons. The summed E-state index contributed by atoms with van der Waals surface area (Å²) in [4.78, 5) is 28.3. The molecule has 1 heterocycles. The summed E-state index contributed by atoms with van der Waals surface area (Å²) in [5.74, 6) is -0.124. The Bertz CT molecular complexity index is 660. The van der Waals surface area contributed by atoms with Crippen LogP contribution in [0, 0.1) is 0 Å². The molecule has 0 aromatic heterocycles. The van der Waals surface area contributed by atoms with E-state index in [9.17, 15) is 9.59 Å². The highest BCUT2D eigenvalue weighted by Gasteiger charge is 2.33. The van der Waals surface area contributed by atoms with Crippen LogP contribution < -0.4 is 5.73 Å². The molecule has 2 N–H and O–H groups in total. The molecule has 1 aromatic carbocycles. The second kappa shape index (κ2) is 8.27. The van der Waals surface area contributed by atoms with E-state index in [1.807, 2.05) is 45.9 Å². The quantitative estimate of drug-likeness (QED) is 0.873. The summed E-state index contributed by atoms with van der Waals surface area (Å²) in [6.45, 7) is 8.73. The van der Waals surface area contributed by atoms with Gasteiger partial charge in [-0.25, -0.2) is 4.79 Å². The Morgan fingerprint density at radius 1 is 1.31 bits per heavy atom. The maximum atomic E-state index is 12.7. The van der Waals surface area contributed by atoms with Crippen molar-refractivity contribution in [2.75, 3.05) is 19.6 Å². The summed E-state index contributed by atoms with van der Waals surface area (Å²) < 4.78 is 5.43. The summed E-state index contributed by atoms with van der Waals surface area (Å²) in [7, 11) is 0. The van der Waals surface area contributed by atoms with Crippen LogP contribution in [0.5, 0.6) is 0 Å². The molecule has 1 aliphatic rings. The van der Waals surface area contributed by atoms with Crippen LogP contribution in [0.1, 0.15) is 33.3 Å². The van der Waals surface area contributed by atoms with Crippen LogP contribution in [0.3, 0.4) is 0 Å². The molecule has 0 spiro atoms. The summed E-state index contributed by atoms with van der Waals surface area (Å²) in [6, 6.07) is 6.59. The third kappa shape index (κ3) is 5.35. The molecule has 0 radical (unpaired) electrons. The van der Waals surface area contributed by atoms with Gasteiger partial charge < -0.3 is 20.3 Å². The highest BCUT2D eigenvalue weighted by molar-refractivity contribution is 6.31. The second-order valence-corrected chi connectivity index (χ2v) is 8.12. The first-order valence-electron chi connectivity index (χ1n) is 8.86. The van der Waals surface area contributed by atoms with E-state index in [0.29, 0.717) is 31.1 Å². The fraction of sp³-hybridized carbons (Fsp3) is 0.579. The first-order valence-corrected chi connectivity index (χ1v) is 9.23. The molecule has 1 saturated heterocycles. The number of hydrogen-bond donors (Lipinski definition) is 1. The number of carbonyl (C=O) groups excluding carboxylic acids is 2. The van der Waals surface area contributed by atoms with Gasteiger partial charge in [-0.1, -0.05) is 29.8 Å². The number of ether oxygens (including phenoxy) is 1. The summed E-state index contributed by atoms with van der Waals surface area (Å²) >= 11 is 6.15. The minimum absolute atomic E-state index is 0.124. The van der Waals surface area contributed by atoms with Gasteiger partial charge in [0.25, 0.3) is 0 Å². The van der Waals surface area contributed by atoms with E-state index >= 15 is 0 Å². The van der Waals surface area contributed by atoms with Gasteiger partial charge in [0.15, 0.2) is 0 Å². The minimum Gasteiger partial charge on any atom is -0.444 e. The van der Waals surface area contributed by atoms with Crippen LogP contribution in [0.4, 0.5) is 4.79 Å². The van der Waals surface area contributed by atoms with Crippen molar-refractivity contribution in [2.24, 2.45) is 5.73 Å². The molecule has 1 aromatic rings. The molecule has 0 bridgehead atoms. The number of nitrogens with zero attached hydrogens (tertiary/aromatic N) is 2. The van der Waals surface area contributed by atoms with E-state index in [2.05, 4.69) is 0 Å². The number of halogens is 1. The lowest BCUT2D eigenvalue weighted by atomic mass is 10.0. The van der Waals surface area contributed by atoms with Crippen LogP contribution in [0.25, 0.3) is 0 Å². The number of carbonyl (C=O) groups is 2. The van der Waals surface area contributed by atoms with Gasteiger partial charge in [0, 0.05) is 30.7 Å². The number of amides is 2. The lowest BCUT2D eigenvalue weighted by Gasteiger charge is -2.40. The number of nitrogens with two attached hydrogens (primary N) is 1. The molecule has 0 aliphatic carbocycles. The number of benzene rings is 1. The molecule has 7 heteroatoms. The maximum Gasteiger partial charge on any atom is 0.410 e. The van der Waals surface area contributed by atoms with E-state index < -0.39 is 11.6 Å². The number of piperazine rings is 1. The Hall–Kier alpha value is -1.79. The highest BCUT2D eigenvalue weighted by atomic mass is 35.5. The molecule has 1 aliphatic heterocycles. The predicted molar refractivity (Wildman–Crippen MR) is 102 cm³/mol. The molecular weight excluding hydrogens is 354 g/mol. The van der Waals surface area contributed by atoms with Gasteiger partial charge in [0.1, 0.15) is 5.60 Å². The topological polar surface area (TPSA) is 75.9 Å². The number of rotatable bonds is 3. The van der Waals surface area contributed by atoms with Crippen LogP contribution in [0.2, 0.25) is 5.02 Å². The van der Waals surface area contributed by atoms with Crippen LogP contribution in [-0.2, 0) is 16.0 Å². The summed E-state index contributed by atoms with van der Waals surface area (Å²) in [6.07, 6.45) is 0.0385. The van der Waals surface area contributed by atoms with Gasteiger partial charge in [-0.2, -0.15) is 0 Å². The third-order valence-corrected chi connectivity index (χ3v) is 4.65. The highest BCUT2D eigenvalue weighted by Crippen LogP contribution is 2.19. The average Bonchev–Trinajstić information content (AvgIpc) is 2.54. The zero-order valence-electron chi connectivity index (χ0n) is 15.9. The largest absolute Gasteiger partial charge is 0.444 e. The van der Waals surface area contributed by atoms with Crippen molar-refractivity contribution >= 4 is 23.6 Å². The van der Waals surface area contributed by atoms with E-state index in [-0.39, 0.29) is 18.0 Å². The summed E-state index contributed by atoms with van der Waals surface area (Å²) in [5, 5.41) is 0.610. The lowest BCUT2D eigenvalue weighted by Crippen LogP contribution is -2.58. The molecule has 1 fully saturated rings. The average molecular weight is 382 g/mol. The smallest absolute Gasteiger partial charge is 0.410 e. The van der Waals surface area contributed by atoms with Gasteiger partial charge >= 0.3 is 6.09 Å². The van der Waals surface area contributed by atoms with E-state index in [1.165, 1.54) is 0 Å². The predicted octanol–water partition coefficient (Wildman–Crippen LogP) is 2.68. The zero-order valence-corrected chi connectivity index (χ0v) is 16.6. The lowest BCUT2D eigenvalue weighted by molar-refractivity contribution is -0.135. The molecule has 1 unspecified atom stereocenters. The van der Waals surface area contributed by atoms with Crippen molar-refractivity contribution in [1.82, 2.24) is 9.80 Å². The van der Waals surface area contributed by atoms with E-state index in [0.717, 1.165) is 5.56 Å². The SMILES string of the molecule is C[C@H]1CN(C(=O)C(N)Cc2ccccc2Cl)CCN1C(=O)OC(C)(C)C. The fourth-order valence-corrected chi connectivity index (χ4v) is 3.19. The van der Waals surface area contributed by atoms with Crippen molar-refractivity contribution in [1.29, 1.82) is 0 Å². The van der Waals surface area contributed by atoms with E-state index in [1.54, 1.807) is 15.9 Å². The Balaban J connectivity index is 1.94. The molecule has 26 heavy (non-hydrogen) atoms. The van der Waals surface area contributed by atoms with E-state index in [4.69, 9.17) is 22.1 Å². The molecule has 6 nitrogen and oxygen atoms in total. The Labute approximate surface area is 160 Å². The Morgan fingerprint density at radius 2 is 1.96 bits per heavy atom. The van der Waals surface area contributed by atoms with Gasteiger partial charge in [-0.15, -0.1) is 0 Å². The normalized spacial score (nSPS) is 19.2. The van der Waals surface area contributed by atoms with Gasteiger partial charge in [-0.05, 0) is 45.7 Å². The molecular formula is C19H28ClN3O3. The molecule has 2 amide bonds. The van der Waals surface area contributed by atoms with Gasteiger partial charge in [0.05, 0.1) is 6.04 Å². The first kappa shape index (κ1) is 20.5. The minimum atomic E-state index is -0.657. The second-order valence-electron chi connectivity index (χ2n) is 7.71. The van der Waals surface area contributed by atoms with Gasteiger partial charge in [-0.3, -0.25) is 4.79 Å². The van der Waals surface area contributed by atoms with Crippen molar-refractivity contribution in [3.63, 3.8) is 0 Å². The standard InChI is InChI=1S/C19H28ClN3O3/c1-13-12-22(9-10-23(13)18(25)26-19(2,3)4)17(24)16(21)11-14-7-5-6-8-15(14)20/h5-8,13,16H,9-12,21H2,1-4H3/t13-,16?/m0/s1. The monoisotopic (exact) mass is 381 g/mol. The third-order valence-electron chi connectivity index (χ3n) is 4.28. The van der Waals surface area contributed by atoms with Crippen molar-refractivity contribution in [3.8, 4) is 0 Å². The Kier molecular flexibility index (Phi) is 6.53. The fourth-order valence-electron chi connectivity index (χ4n) is 2.97. The first-order chi connectivity index (χ1) is 12.1. The Morgan fingerprint density at radius 3 is 2.54 bits per heavy atom. The zero-order chi connectivity index (χ0) is 19.5. The van der Waals surface area contributed by atoms with Crippen LogP contribution in [-0.4, -0.2) is 59.1 Å². The van der Waals surface area contributed by atoms with Crippen molar-refractivity contribution < 1.29 is 14.3 Å². The maximum absolute atomic E-state index is 12.7. The summed E-state index contributed by atoms with van der Waals surface area (Å²) in [5.41, 5.74) is 6.43. The van der Waals surface area contributed by atoms with Crippen LogP contribution >= 0.6 is 11.6 Å². The van der Waals surface area contributed by atoms with Gasteiger partial charge in [0.2, 0.25) is 5.91 Å². The molecule has 2 rings (SSSR count). The van der Waals surface area contributed by atoms with Crippen molar-refractivity contribution in [3.05, 3.63) is 34.9 Å².